The van der Waals surface area contributed by atoms with Gasteiger partial charge in [-0.25, -0.2) is 0 Å². The molecule has 0 spiro atoms. The lowest BCUT2D eigenvalue weighted by atomic mass is 10.1. The molecule has 2 aromatic carbocycles. The van der Waals surface area contributed by atoms with E-state index in [9.17, 15) is 0 Å². The van der Waals surface area contributed by atoms with Crippen LogP contribution >= 0.6 is 0 Å². The fraction of sp³-hybridized carbons (Fsp3) is 0.176. The van der Waals surface area contributed by atoms with Crippen LogP contribution in [-0.4, -0.2) is 11.4 Å². The Morgan fingerprint density at radius 2 is 1.67 bits per heavy atom. The van der Waals surface area contributed by atoms with Gasteiger partial charge in [-0.3, -0.25) is 4.90 Å². The van der Waals surface area contributed by atoms with Crippen molar-refractivity contribution in [1.82, 2.24) is 4.90 Å². The zero-order valence-corrected chi connectivity index (χ0v) is 11.7. The smallest absolute Gasteiger partial charge is 0.0420 e. The lowest BCUT2D eigenvalue weighted by molar-refractivity contribution is 0.317. The first-order chi connectivity index (χ1) is 10.4. The maximum atomic E-state index is 8.74. The van der Waals surface area contributed by atoms with Gasteiger partial charge in [-0.1, -0.05) is 65.8 Å². The number of nitrogens with zero attached hydrogens (tertiary/aromatic N) is 4. The van der Waals surface area contributed by atoms with Crippen LogP contribution in [0.1, 0.15) is 16.7 Å². The van der Waals surface area contributed by atoms with Crippen LogP contribution in [0, 0.1) is 0 Å². The molecular formula is C17H16N4. The van der Waals surface area contributed by atoms with Crippen molar-refractivity contribution in [3.05, 3.63) is 87.8 Å². The molecule has 4 heteroatoms. The fourth-order valence-corrected chi connectivity index (χ4v) is 2.62. The molecule has 0 radical (unpaired) electrons. The minimum Gasteiger partial charge on any atom is -0.291 e. The van der Waals surface area contributed by atoms with Crippen LogP contribution in [0.5, 0.6) is 0 Å². The molecule has 1 aliphatic heterocycles. The van der Waals surface area contributed by atoms with Crippen molar-refractivity contribution < 1.29 is 0 Å². The first-order valence-corrected chi connectivity index (χ1v) is 6.96. The van der Waals surface area contributed by atoms with Gasteiger partial charge in [0, 0.05) is 30.2 Å². The Morgan fingerprint density at radius 3 is 2.29 bits per heavy atom. The summed E-state index contributed by atoms with van der Waals surface area (Å²) < 4.78 is 0. The molecule has 0 aromatic heterocycles. The van der Waals surface area contributed by atoms with Crippen molar-refractivity contribution in [2.45, 2.75) is 13.1 Å². The van der Waals surface area contributed by atoms with Crippen molar-refractivity contribution in [3.63, 3.8) is 0 Å². The molecule has 0 unspecified atom stereocenters. The van der Waals surface area contributed by atoms with E-state index in [0.29, 0.717) is 5.70 Å². The predicted octanol–water partition coefficient (Wildman–Crippen LogP) is 4.35. The van der Waals surface area contributed by atoms with Crippen molar-refractivity contribution >= 4 is 5.70 Å². The summed E-state index contributed by atoms with van der Waals surface area (Å²) in [6, 6.07) is 18.3. The van der Waals surface area contributed by atoms with E-state index in [1.165, 1.54) is 11.1 Å². The number of hydrogen-bond acceptors (Lipinski definition) is 2. The average Bonchev–Trinajstić information content (AvgIpc) is 2.95. The van der Waals surface area contributed by atoms with Crippen LogP contribution in [0.25, 0.3) is 16.1 Å². The van der Waals surface area contributed by atoms with Crippen LogP contribution in [0.2, 0.25) is 0 Å². The van der Waals surface area contributed by atoms with Crippen molar-refractivity contribution in [2.75, 3.05) is 6.54 Å². The summed E-state index contributed by atoms with van der Waals surface area (Å²) in [6.45, 7) is 2.67. The normalized spacial score (nSPS) is 14.6. The van der Waals surface area contributed by atoms with E-state index in [1.54, 1.807) is 0 Å². The summed E-state index contributed by atoms with van der Waals surface area (Å²) in [7, 11) is 0. The zero-order valence-electron chi connectivity index (χ0n) is 11.7. The highest BCUT2D eigenvalue weighted by Gasteiger charge is 2.16. The standard InChI is InChI=1S/C17H16N4/c18-20-19-17(14-6-2-1-3-7-14)10-11-21-12-15-8-4-5-9-16(15)13-21/h1-10H,11-13H2/b17-10+. The molecule has 2 aromatic rings. The molecule has 4 nitrogen and oxygen atoms in total. The molecule has 0 N–H and O–H groups in total. The van der Waals surface area contributed by atoms with Gasteiger partial charge in [-0.15, -0.1) is 0 Å². The summed E-state index contributed by atoms with van der Waals surface area (Å²) in [5, 5.41) is 3.82. The van der Waals surface area contributed by atoms with Crippen molar-refractivity contribution in [2.24, 2.45) is 5.11 Å². The van der Waals surface area contributed by atoms with E-state index in [0.717, 1.165) is 25.2 Å². The Morgan fingerprint density at radius 1 is 1.05 bits per heavy atom. The van der Waals surface area contributed by atoms with Gasteiger partial charge in [0.1, 0.15) is 0 Å². The van der Waals surface area contributed by atoms with Crippen LogP contribution < -0.4 is 0 Å². The molecule has 0 fully saturated rings. The zero-order chi connectivity index (χ0) is 14.5. The average molecular weight is 276 g/mol. The first-order valence-electron chi connectivity index (χ1n) is 6.96. The predicted molar refractivity (Wildman–Crippen MR) is 84.1 cm³/mol. The molecule has 1 heterocycles. The van der Waals surface area contributed by atoms with Gasteiger partial charge in [0.2, 0.25) is 0 Å². The highest BCUT2D eigenvalue weighted by atomic mass is 15.2. The molecule has 104 valence electrons. The summed E-state index contributed by atoms with van der Waals surface area (Å²) in [4.78, 5) is 5.27. The molecule has 1 aliphatic rings. The topological polar surface area (TPSA) is 52.0 Å². The Kier molecular flexibility index (Phi) is 4.01. The van der Waals surface area contributed by atoms with E-state index < -0.39 is 0 Å². The molecule has 0 bridgehead atoms. The van der Waals surface area contributed by atoms with Crippen molar-refractivity contribution in [1.29, 1.82) is 0 Å². The van der Waals surface area contributed by atoms with Gasteiger partial charge >= 0.3 is 0 Å². The number of azide groups is 1. The van der Waals surface area contributed by atoms with Crippen LogP contribution in [0.3, 0.4) is 0 Å². The summed E-state index contributed by atoms with van der Waals surface area (Å²) >= 11 is 0. The lowest BCUT2D eigenvalue weighted by Crippen LogP contribution is -2.16. The highest BCUT2D eigenvalue weighted by molar-refractivity contribution is 5.64. The quantitative estimate of drug-likeness (QED) is 0.465. The van der Waals surface area contributed by atoms with Crippen molar-refractivity contribution in [3.8, 4) is 0 Å². The number of benzene rings is 2. The lowest BCUT2D eigenvalue weighted by Gasteiger charge is -2.12. The second-order valence-electron chi connectivity index (χ2n) is 5.08. The van der Waals surface area contributed by atoms with Gasteiger partial charge in [0.05, 0.1) is 0 Å². The molecular weight excluding hydrogens is 260 g/mol. The summed E-state index contributed by atoms with van der Waals surface area (Å²) in [5.41, 5.74) is 13.1. The monoisotopic (exact) mass is 276 g/mol. The second-order valence-corrected chi connectivity index (χ2v) is 5.08. The minimum atomic E-state index is 0.689. The van der Waals surface area contributed by atoms with Gasteiger partial charge < -0.3 is 0 Å². The molecule has 0 saturated carbocycles. The Balaban J connectivity index is 1.74. The third-order valence-corrected chi connectivity index (χ3v) is 3.67. The third kappa shape index (κ3) is 3.14. The summed E-state index contributed by atoms with van der Waals surface area (Å²) in [5.74, 6) is 0. The van der Waals surface area contributed by atoms with Crippen LogP contribution in [-0.2, 0) is 13.1 Å². The molecule has 0 aliphatic carbocycles. The second kappa shape index (κ2) is 6.27. The fourth-order valence-electron chi connectivity index (χ4n) is 2.62. The van der Waals surface area contributed by atoms with E-state index in [-0.39, 0.29) is 0 Å². The Bertz CT molecular complexity index is 675. The molecule has 0 amide bonds. The van der Waals surface area contributed by atoms with Crippen LogP contribution in [0.4, 0.5) is 0 Å². The Labute approximate surface area is 124 Å². The Hall–Kier alpha value is -2.55. The molecule has 3 rings (SSSR count). The summed E-state index contributed by atoms with van der Waals surface area (Å²) in [6.07, 6.45) is 2.00. The van der Waals surface area contributed by atoms with Gasteiger partial charge in [-0.2, -0.15) is 0 Å². The van der Waals surface area contributed by atoms with Crippen LogP contribution in [0.15, 0.2) is 65.8 Å². The largest absolute Gasteiger partial charge is 0.291 e. The maximum absolute atomic E-state index is 8.74. The highest BCUT2D eigenvalue weighted by Crippen LogP contribution is 2.23. The number of hydrogen-bond donors (Lipinski definition) is 0. The van der Waals surface area contributed by atoms with E-state index in [2.05, 4.69) is 39.2 Å². The van der Waals surface area contributed by atoms with Gasteiger partial charge in [-0.05, 0) is 22.2 Å². The maximum Gasteiger partial charge on any atom is 0.0420 e. The minimum absolute atomic E-state index is 0.689. The molecule has 0 saturated heterocycles. The number of rotatable bonds is 4. The van der Waals surface area contributed by atoms with Gasteiger partial charge in [0.25, 0.3) is 0 Å². The van der Waals surface area contributed by atoms with Gasteiger partial charge in [0.15, 0.2) is 0 Å². The van der Waals surface area contributed by atoms with E-state index in [4.69, 9.17) is 5.53 Å². The third-order valence-electron chi connectivity index (χ3n) is 3.67. The SMILES string of the molecule is [N-]=[N+]=N/C(=C/CN1Cc2ccccc2C1)c1ccccc1. The first kappa shape index (κ1) is 13.4. The number of fused-ring (bicyclic) bond motifs is 1. The molecule has 21 heavy (non-hydrogen) atoms. The van der Waals surface area contributed by atoms with E-state index in [1.807, 2.05) is 36.4 Å². The molecule has 0 atom stereocenters. The van der Waals surface area contributed by atoms with E-state index >= 15 is 0 Å².